The molecule has 1 amide bonds. The van der Waals surface area contributed by atoms with E-state index in [1.54, 1.807) is 6.92 Å². The van der Waals surface area contributed by atoms with Gasteiger partial charge < -0.3 is 10.1 Å². The number of nitro groups is 1. The summed E-state index contributed by atoms with van der Waals surface area (Å²) in [5.41, 5.74) is 0.365. The van der Waals surface area contributed by atoms with E-state index in [1.807, 2.05) is 0 Å². The Morgan fingerprint density at radius 2 is 2.00 bits per heavy atom. The van der Waals surface area contributed by atoms with Crippen molar-refractivity contribution in [2.24, 2.45) is 5.92 Å². The molecule has 0 spiro atoms. The van der Waals surface area contributed by atoms with Crippen molar-refractivity contribution in [3.63, 3.8) is 0 Å². The van der Waals surface area contributed by atoms with Crippen molar-refractivity contribution in [2.45, 2.75) is 58.6 Å². The Balaban J connectivity index is 1.98. The molecule has 0 saturated heterocycles. The van der Waals surface area contributed by atoms with Gasteiger partial charge in [-0.2, -0.15) is 0 Å². The Morgan fingerprint density at radius 3 is 2.64 bits per heavy atom. The zero-order valence-electron chi connectivity index (χ0n) is 14.8. The Kier molecular flexibility index (Phi) is 6.12. The van der Waals surface area contributed by atoms with E-state index in [0.717, 1.165) is 19.3 Å². The summed E-state index contributed by atoms with van der Waals surface area (Å²) >= 11 is 0. The van der Waals surface area contributed by atoms with Gasteiger partial charge in [0.15, 0.2) is 6.10 Å². The fraction of sp³-hybridized carbons (Fsp3) is 0.556. The molecule has 1 aliphatic rings. The maximum absolute atomic E-state index is 12.3. The summed E-state index contributed by atoms with van der Waals surface area (Å²) in [7, 11) is 0. The highest BCUT2D eigenvalue weighted by molar-refractivity contribution is 5.93. The second-order valence-electron chi connectivity index (χ2n) is 6.68. The lowest BCUT2D eigenvalue weighted by molar-refractivity contribution is -0.385. The van der Waals surface area contributed by atoms with Crippen molar-refractivity contribution in [3.05, 3.63) is 39.4 Å². The molecule has 7 nitrogen and oxygen atoms in total. The van der Waals surface area contributed by atoms with E-state index >= 15 is 0 Å². The number of nitrogens with zero attached hydrogens (tertiary/aromatic N) is 1. The van der Waals surface area contributed by atoms with Gasteiger partial charge in [-0.3, -0.25) is 14.9 Å². The second-order valence-corrected chi connectivity index (χ2v) is 6.68. The van der Waals surface area contributed by atoms with Crippen LogP contribution in [0.15, 0.2) is 18.2 Å². The summed E-state index contributed by atoms with van der Waals surface area (Å²) in [5.74, 6) is -0.684. The topological polar surface area (TPSA) is 98.5 Å². The number of amides is 1. The average molecular weight is 348 g/mol. The Labute approximate surface area is 146 Å². The first-order chi connectivity index (χ1) is 11.8. The zero-order valence-corrected chi connectivity index (χ0v) is 14.8. The standard InChI is InChI=1S/C18H24N2O5/c1-11-6-4-5-7-15(11)19-17(21)13(3)25-18(22)14-9-8-12(2)16(10-14)20(23)24/h8-11,13,15H,4-7H2,1-3H3,(H,19,21)/t11-,13-,15-/m0/s1. The number of hydrogen-bond donors (Lipinski definition) is 1. The van der Waals surface area contributed by atoms with Crippen molar-refractivity contribution in [1.29, 1.82) is 0 Å². The third-order valence-corrected chi connectivity index (χ3v) is 4.73. The molecule has 0 aromatic heterocycles. The Bertz CT molecular complexity index is 673. The first-order valence-corrected chi connectivity index (χ1v) is 8.56. The molecule has 2 rings (SSSR count). The van der Waals surface area contributed by atoms with E-state index < -0.39 is 17.0 Å². The number of nitro benzene ring substituents is 1. The van der Waals surface area contributed by atoms with Gasteiger partial charge in [0.1, 0.15) is 0 Å². The molecule has 1 aliphatic carbocycles. The van der Waals surface area contributed by atoms with Gasteiger partial charge in [-0.25, -0.2) is 4.79 Å². The van der Waals surface area contributed by atoms with Crippen LogP contribution in [0.2, 0.25) is 0 Å². The number of aryl methyl sites for hydroxylation is 1. The maximum Gasteiger partial charge on any atom is 0.339 e. The molecule has 1 aromatic carbocycles. The van der Waals surface area contributed by atoms with Crippen LogP contribution in [0.5, 0.6) is 0 Å². The molecule has 1 N–H and O–H groups in total. The quantitative estimate of drug-likeness (QED) is 0.501. The number of carbonyl (C=O) groups excluding carboxylic acids is 2. The highest BCUT2D eigenvalue weighted by atomic mass is 16.6. The Hall–Kier alpha value is -2.44. The van der Waals surface area contributed by atoms with E-state index in [4.69, 9.17) is 4.74 Å². The first-order valence-electron chi connectivity index (χ1n) is 8.56. The molecule has 1 saturated carbocycles. The van der Waals surface area contributed by atoms with Crippen LogP contribution in [0, 0.1) is 23.0 Å². The molecule has 0 heterocycles. The van der Waals surface area contributed by atoms with Gasteiger partial charge in [0.2, 0.25) is 0 Å². The average Bonchev–Trinajstić information content (AvgIpc) is 2.56. The van der Waals surface area contributed by atoms with Gasteiger partial charge in [-0.1, -0.05) is 25.8 Å². The minimum absolute atomic E-state index is 0.0583. The normalized spacial score (nSPS) is 21.2. The molecule has 0 bridgehead atoms. The second kappa shape index (κ2) is 8.09. The minimum atomic E-state index is -0.956. The van der Waals surface area contributed by atoms with E-state index in [2.05, 4.69) is 12.2 Å². The fourth-order valence-corrected chi connectivity index (χ4v) is 3.05. The summed E-state index contributed by atoms with van der Waals surface area (Å²) in [4.78, 5) is 34.9. The Morgan fingerprint density at radius 1 is 1.32 bits per heavy atom. The van der Waals surface area contributed by atoms with Gasteiger partial charge in [0.05, 0.1) is 10.5 Å². The zero-order chi connectivity index (χ0) is 18.6. The predicted molar refractivity (Wildman–Crippen MR) is 92.3 cm³/mol. The third kappa shape index (κ3) is 4.78. The first kappa shape index (κ1) is 18.9. The van der Waals surface area contributed by atoms with Crippen LogP contribution in [0.3, 0.4) is 0 Å². The molecule has 1 fully saturated rings. The monoisotopic (exact) mass is 348 g/mol. The van der Waals surface area contributed by atoms with Gasteiger partial charge in [-0.15, -0.1) is 0 Å². The van der Waals surface area contributed by atoms with Crippen LogP contribution in [0.4, 0.5) is 5.69 Å². The number of nitrogens with one attached hydrogen (secondary N) is 1. The lowest BCUT2D eigenvalue weighted by Crippen LogP contribution is -2.45. The van der Waals surface area contributed by atoms with E-state index in [0.29, 0.717) is 11.5 Å². The van der Waals surface area contributed by atoms with Crippen molar-refractivity contribution in [1.82, 2.24) is 5.32 Å². The molecule has 0 unspecified atom stereocenters. The summed E-state index contributed by atoms with van der Waals surface area (Å²) in [6.45, 7) is 5.20. The van der Waals surface area contributed by atoms with E-state index in [-0.39, 0.29) is 23.2 Å². The van der Waals surface area contributed by atoms with Crippen molar-refractivity contribution < 1.29 is 19.2 Å². The highest BCUT2D eigenvalue weighted by Gasteiger charge is 2.27. The molecule has 25 heavy (non-hydrogen) atoms. The molecule has 0 radical (unpaired) electrons. The van der Waals surface area contributed by atoms with Crippen molar-refractivity contribution >= 4 is 17.6 Å². The molecule has 1 aromatic rings. The van der Waals surface area contributed by atoms with Crippen LogP contribution in [-0.2, 0) is 9.53 Å². The minimum Gasteiger partial charge on any atom is -0.449 e. The van der Waals surface area contributed by atoms with Crippen LogP contribution < -0.4 is 5.32 Å². The SMILES string of the molecule is Cc1ccc(C(=O)O[C@@H](C)C(=O)N[C@H]2CCCC[C@@H]2C)cc1[N+](=O)[O-]. The van der Waals surface area contributed by atoms with Crippen LogP contribution in [-0.4, -0.2) is 28.9 Å². The molecule has 0 aliphatic heterocycles. The lowest BCUT2D eigenvalue weighted by atomic mass is 9.86. The predicted octanol–water partition coefficient (Wildman–Crippen LogP) is 3.14. The third-order valence-electron chi connectivity index (χ3n) is 4.73. The molecule has 3 atom stereocenters. The molecule has 136 valence electrons. The summed E-state index contributed by atoms with van der Waals surface area (Å²) < 4.78 is 5.18. The van der Waals surface area contributed by atoms with Gasteiger partial charge in [0.25, 0.3) is 11.6 Å². The van der Waals surface area contributed by atoms with Gasteiger partial charge in [-0.05, 0) is 38.7 Å². The summed E-state index contributed by atoms with van der Waals surface area (Å²) in [6, 6.07) is 4.22. The van der Waals surface area contributed by atoms with E-state index in [1.165, 1.54) is 31.5 Å². The number of ether oxygens (including phenoxy) is 1. The molecular formula is C18H24N2O5. The van der Waals surface area contributed by atoms with Gasteiger partial charge >= 0.3 is 5.97 Å². The summed E-state index contributed by atoms with van der Waals surface area (Å²) in [5, 5.41) is 13.9. The fourth-order valence-electron chi connectivity index (χ4n) is 3.05. The van der Waals surface area contributed by atoms with Crippen molar-refractivity contribution in [3.8, 4) is 0 Å². The maximum atomic E-state index is 12.3. The van der Waals surface area contributed by atoms with Gasteiger partial charge in [0, 0.05) is 17.7 Å². The molecular weight excluding hydrogens is 324 g/mol. The number of rotatable bonds is 5. The number of carbonyl (C=O) groups is 2. The summed E-state index contributed by atoms with van der Waals surface area (Å²) in [6.07, 6.45) is 3.30. The lowest BCUT2D eigenvalue weighted by Gasteiger charge is -2.30. The highest BCUT2D eigenvalue weighted by Crippen LogP contribution is 2.24. The van der Waals surface area contributed by atoms with Crippen LogP contribution in [0.1, 0.15) is 55.5 Å². The molecule has 7 heteroatoms. The number of benzene rings is 1. The number of esters is 1. The van der Waals surface area contributed by atoms with Crippen molar-refractivity contribution in [2.75, 3.05) is 0 Å². The van der Waals surface area contributed by atoms with Crippen LogP contribution in [0.25, 0.3) is 0 Å². The smallest absolute Gasteiger partial charge is 0.339 e. The largest absolute Gasteiger partial charge is 0.449 e. The number of hydrogen-bond acceptors (Lipinski definition) is 5. The van der Waals surface area contributed by atoms with E-state index in [9.17, 15) is 19.7 Å². The van der Waals surface area contributed by atoms with Crippen LogP contribution >= 0.6 is 0 Å².